The van der Waals surface area contributed by atoms with E-state index in [2.05, 4.69) is 12.2 Å². The molecule has 0 aliphatic rings. The first-order valence-electron chi connectivity index (χ1n) is 6.35. The Hall–Kier alpha value is -1.22. The van der Waals surface area contributed by atoms with Crippen LogP contribution in [-0.2, 0) is 4.79 Å². The van der Waals surface area contributed by atoms with Crippen molar-refractivity contribution in [3.05, 3.63) is 24.3 Å². The lowest BCUT2D eigenvalue weighted by Gasteiger charge is -2.07. The van der Waals surface area contributed by atoms with Crippen LogP contribution in [0.4, 0.5) is 5.69 Å². The van der Waals surface area contributed by atoms with Crippen molar-refractivity contribution in [2.24, 2.45) is 0 Å². The highest BCUT2D eigenvalue weighted by atomic mass is 35.5. The fourth-order valence-electron chi connectivity index (χ4n) is 1.46. The van der Waals surface area contributed by atoms with Gasteiger partial charge in [-0.05, 0) is 43.5 Å². The maximum atomic E-state index is 11.6. The molecule has 0 atom stereocenters. The number of carbonyl (C=O) groups excluding carboxylic acids is 1. The molecule has 0 saturated carbocycles. The zero-order chi connectivity index (χ0) is 13.2. The molecule has 0 aliphatic heterocycles. The van der Waals surface area contributed by atoms with Crippen LogP contribution >= 0.6 is 11.6 Å². The lowest BCUT2D eigenvalue weighted by atomic mass is 10.2. The molecule has 18 heavy (non-hydrogen) atoms. The third-order valence-electron chi connectivity index (χ3n) is 2.40. The predicted molar refractivity (Wildman–Crippen MR) is 75.4 cm³/mol. The van der Waals surface area contributed by atoms with Crippen LogP contribution in [0.5, 0.6) is 5.75 Å². The van der Waals surface area contributed by atoms with Gasteiger partial charge in [-0.15, -0.1) is 11.6 Å². The average molecular weight is 270 g/mol. The van der Waals surface area contributed by atoms with Crippen molar-refractivity contribution < 1.29 is 9.53 Å². The lowest BCUT2D eigenvalue weighted by molar-refractivity contribution is -0.116. The first-order chi connectivity index (χ1) is 8.76. The second-order valence-electron chi connectivity index (χ2n) is 4.07. The molecule has 1 amide bonds. The van der Waals surface area contributed by atoms with Crippen molar-refractivity contribution in [1.82, 2.24) is 0 Å². The third kappa shape index (κ3) is 5.92. The topological polar surface area (TPSA) is 38.3 Å². The monoisotopic (exact) mass is 269 g/mol. The summed E-state index contributed by atoms with van der Waals surface area (Å²) in [5, 5.41) is 2.85. The molecule has 0 saturated heterocycles. The van der Waals surface area contributed by atoms with E-state index in [0.29, 0.717) is 18.9 Å². The van der Waals surface area contributed by atoms with Crippen molar-refractivity contribution in [2.75, 3.05) is 17.8 Å². The van der Waals surface area contributed by atoms with Crippen LogP contribution in [0.1, 0.15) is 32.6 Å². The van der Waals surface area contributed by atoms with E-state index in [1.165, 1.54) is 0 Å². The van der Waals surface area contributed by atoms with E-state index >= 15 is 0 Å². The average Bonchev–Trinajstić information content (AvgIpc) is 2.38. The van der Waals surface area contributed by atoms with Gasteiger partial charge in [-0.1, -0.05) is 6.92 Å². The number of amides is 1. The van der Waals surface area contributed by atoms with Gasteiger partial charge in [0.1, 0.15) is 5.75 Å². The van der Waals surface area contributed by atoms with E-state index in [0.717, 1.165) is 30.7 Å². The molecule has 0 fully saturated rings. The second kappa shape index (κ2) is 8.81. The Morgan fingerprint density at radius 1 is 1.28 bits per heavy atom. The number of anilines is 1. The molecule has 0 aromatic heterocycles. The highest BCUT2D eigenvalue weighted by molar-refractivity contribution is 6.17. The van der Waals surface area contributed by atoms with Gasteiger partial charge in [0.05, 0.1) is 6.61 Å². The molecule has 0 unspecified atom stereocenters. The Balaban J connectivity index is 2.35. The van der Waals surface area contributed by atoms with Crippen LogP contribution in [0.25, 0.3) is 0 Å². The number of alkyl halides is 1. The van der Waals surface area contributed by atoms with Gasteiger partial charge in [0, 0.05) is 18.0 Å². The summed E-state index contributed by atoms with van der Waals surface area (Å²) in [6.45, 7) is 2.78. The van der Waals surface area contributed by atoms with Crippen molar-refractivity contribution in [1.29, 1.82) is 0 Å². The summed E-state index contributed by atoms with van der Waals surface area (Å²) in [5.74, 6) is 1.47. The molecular weight excluding hydrogens is 250 g/mol. The van der Waals surface area contributed by atoms with Gasteiger partial charge in [0.25, 0.3) is 0 Å². The molecule has 1 aromatic carbocycles. The van der Waals surface area contributed by atoms with Crippen LogP contribution in [0.3, 0.4) is 0 Å². The van der Waals surface area contributed by atoms with Gasteiger partial charge in [0.15, 0.2) is 0 Å². The van der Waals surface area contributed by atoms with Crippen molar-refractivity contribution in [3.63, 3.8) is 0 Å². The zero-order valence-corrected chi connectivity index (χ0v) is 11.5. The number of hydrogen-bond acceptors (Lipinski definition) is 2. The standard InChI is InChI=1S/C14H20ClNO2/c1-2-11-18-13-8-6-12(7-9-13)16-14(17)5-3-4-10-15/h6-9H,2-5,10-11H2,1H3,(H,16,17). The summed E-state index contributed by atoms with van der Waals surface area (Å²) in [6, 6.07) is 7.43. The molecule has 0 aliphatic carbocycles. The summed E-state index contributed by atoms with van der Waals surface area (Å²) < 4.78 is 5.47. The van der Waals surface area contributed by atoms with Gasteiger partial charge < -0.3 is 10.1 Å². The van der Waals surface area contributed by atoms with E-state index in [-0.39, 0.29) is 5.91 Å². The number of hydrogen-bond donors (Lipinski definition) is 1. The van der Waals surface area contributed by atoms with Gasteiger partial charge in [0.2, 0.25) is 5.91 Å². The Morgan fingerprint density at radius 2 is 2.00 bits per heavy atom. The molecule has 1 N–H and O–H groups in total. The minimum atomic E-state index is 0.0299. The van der Waals surface area contributed by atoms with E-state index in [1.54, 1.807) is 0 Å². The summed E-state index contributed by atoms with van der Waals surface area (Å²) in [4.78, 5) is 11.6. The summed E-state index contributed by atoms with van der Waals surface area (Å²) >= 11 is 5.56. The third-order valence-corrected chi connectivity index (χ3v) is 2.67. The highest BCUT2D eigenvalue weighted by Gasteiger charge is 2.02. The number of unbranched alkanes of at least 4 members (excludes halogenated alkanes) is 1. The maximum absolute atomic E-state index is 11.6. The van der Waals surface area contributed by atoms with Crippen LogP contribution in [0.2, 0.25) is 0 Å². The second-order valence-corrected chi connectivity index (χ2v) is 4.45. The van der Waals surface area contributed by atoms with Gasteiger partial charge in [-0.25, -0.2) is 0 Å². The first-order valence-corrected chi connectivity index (χ1v) is 6.88. The molecule has 100 valence electrons. The predicted octanol–water partition coefficient (Wildman–Crippen LogP) is 3.82. The van der Waals surface area contributed by atoms with E-state index in [4.69, 9.17) is 16.3 Å². The number of benzene rings is 1. The smallest absolute Gasteiger partial charge is 0.224 e. The van der Waals surface area contributed by atoms with Gasteiger partial charge in [-0.3, -0.25) is 4.79 Å². The van der Waals surface area contributed by atoms with E-state index in [9.17, 15) is 4.79 Å². The molecule has 4 heteroatoms. The number of nitrogens with one attached hydrogen (secondary N) is 1. The molecular formula is C14H20ClNO2. The fourth-order valence-corrected chi connectivity index (χ4v) is 1.65. The maximum Gasteiger partial charge on any atom is 0.224 e. The number of rotatable bonds is 8. The Kier molecular flexibility index (Phi) is 7.26. The fraction of sp³-hybridized carbons (Fsp3) is 0.500. The lowest BCUT2D eigenvalue weighted by Crippen LogP contribution is -2.11. The van der Waals surface area contributed by atoms with Crippen LogP contribution in [0.15, 0.2) is 24.3 Å². The number of ether oxygens (including phenoxy) is 1. The van der Waals surface area contributed by atoms with Crippen molar-refractivity contribution in [3.8, 4) is 5.75 Å². The highest BCUT2D eigenvalue weighted by Crippen LogP contribution is 2.16. The largest absolute Gasteiger partial charge is 0.494 e. The zero-order valence-electron chi connectivity index (χ0n) is 10.7. The molecule has 0 radical (unpaired) electrons. The SMILES string of the molecule is CCCOc1ccc(NC(=O)CCCCCl)cc1. The Bertz CT molecular complexity index is 351. The Labute approximate surface area is 113 Å². The summed E-state index contributed by atoms with van der Waals surface area (Å²) in [5.41, 5.74) is 0.801. The molecule has 3 nitrogen and oxygen atoms in total. The summed E-state index contributed by atoms with van der Waals surface area (Å²) in [7, 11) is 0. The van der Waals surface area contributed by atoms with Gasteiger partial charge >= 0.3 is 0 Å². The molecule has 1 aromatic rings. The van der Waals surface area contributed by atoms with Crippen molar-refractivity contribution in [2.45, 2.75) is 32.6 Å². The summed E-state index contributed by atoms with van der Waals surface area (Å²) in [6.07, 6.45) is 3.20. The Morgan fingerprint density at radius 3 is 2.61 bits per heavy atom. The first kappa shape index (κ1) is 14.8. The van der Waals surface area contributed by atoms with Crippen LogP contribution in [-0.4, -0.2) is 18.4 Å². The molecule has 0 heterocycles. The normalized spacial score (nSPS) is 10.1. The quantitative estimate of drug-likeness (QED) is 0.575. The van der Waals surface area contributed by atoms with Crippen molar-refractivity contribution >= 4 is 23.2 Å². The molecule has 1 rings (SSSR count). The minimum Gasteiger partial charge on any atom is -0.494 e. The molecule has 0 spiro atoms. The van der Waals surface area contributed by atoms with Crippen LogP contribution < -0.4 is 10.1 Å². The van der Waals surface area contributed by atoms with Crippen LogP contribution in [0, 0.1) is 0 Å². The molecule has 0 bridgehead atoms. The van der Waals surface area contributed by atoms with E-state index < -0.39 is 0 Å². The van der Waals surface area contributed by atoms with Gasteiger partial charge in [-0.2, -0.15) is 0 Å². The van der Waals surface area contributed by atoms with E-state index in [1.807, 2.05) is 24.3 Å². The minimum absolute atomic E-state index is 0.0299. The number of halogens is 1. The number of carbonyl (C=O) groups is 1.